The van der Waals surface area contributed by atoms with Gasteiger partial charge in [0.2, 0.25) is 5.91 Å². The standard InChI is InChI=1S/C14H13BrClN3O2/c15-11-6-9(7-18-13(11)16)19-14(21)12(17)5-8-1-3-10(20)4-2-8/h1-4,6-7,12,20H,5,17H2,(H,19,21)/t12-/m1/s1. The quantitative estimate of drug-likeness (QED) is 0.722. The SMILES string of the molecule is N[C@H](Cc1ccc(O)cc1)C(=O)Nc1cnc(Cl)c(Br)c1. The third-order valence-electron chi connectivity index (χ3n) is 2.79. The summed E-state index contributed by atoms with van der Waals surface area (Å²) in [5, 5.41) is 12.2. The molecule has 2 rings (SSSR count). The van der Waals surface area contributed by atoms with Crippen molar-refractivity contribution < 1.29 is 9.90 Å². The lowest BCUT2D eigenvalue weighted by Gasteiger charge is -2.12. The number of rotatable bonds is 4. The number of halogens is 2. The number of amides is 1. The summed E-state index contributed by atoms with van der Waals surface area (Å²) in [6.07, 6.45) is 1.83. The molecule has 0 saturated heterocycles. The van der Waals surface area contributed by atoms with E-state index in [4.69, 9.17) is 17.3 Å². The van der Waals surface area contributed by atoms with Gasteiger partial charge in [0.25, 0.3) is 0 Å². The fraction of sp³-hybridized carbons (Fsp3) is 0.143. The van der Waals surface area contributed by atoms with Gasteiger partial charge < -0.3 is 16.2 Å². The second-order valence-corrected chi connectivity index (χ2v) is 5.68. The van der Waals surface area contributed by atoms with Gasteiger partial charge in [-0.3, -0.25) is 4.79 Å². The number of nitrogens with zero attached hydrogens (tertiary/aromatic N) is 1. The third kappa shape index (κ3) is 4.42. The van der Waals surface area contributed by atoms with Gasteiger partial charge in [0.1, 0.15) is 10.9 Å². The molecule has 1 atom stereocenters. The van der Waals surface area contributed by atoms with E-state index < -0.39 is 6.04 Å². The molecule has 0 spiro atoms. The van der Waals surface area contributed by atoms with Gasteiger partial charge in [0.05, 0.1) is 22.4 Å². The van der Waals surface area contributed by atoms with Crippen molar-refractivity contribution in [2.45, 2.75) is 12.5 Å². The maximum Gasteiger partial charge on any atom is 0.241 e. The molecule has 1 aromatic heterocycles. The summed E-state index contributed by atoms with van der Waals surface area (Å²) in [7, 11) is 0. The minimum atomic E-state index is -0.705. The van der Waals surface area contributed by atoms with Gasteiger partial charge in [0.15, 0.2) is 0 Å². The van der Waals surface area contributed by atoms with Gasteiger partial charge in [0, 0.05) is 0 Å². The number of hydrogen-bond donors (Lipinski definition) is 3. The lowest BCUT2D eigenvalue weighted by Crippen LogP contribution is -2.37. The zero-order chi connectivity index (χ0) is 15.4. The summed E-state index contributed by atoms with van der Waals surface area (Å²) in [4.78, 5) is 15.9. The van der Waals surface area contributed by atoms with Crippen molar-refractivity contribution in [3.63, 3.8) is 0 Å². The predicted molar refractivity (Wildman–Crippen MR) is 85.4 cm³/mol. The Kier molecular flexibility index (Phi) is 5.17. The number of benzene rings is 1. The van der Waals surface area contributed by atoms with Crippen LogP contribution in [0.4, 0.5) is 5.69 Å². The molecule has 0 aliphatic rings. The van der Waals surface area contributed by atoms with Crippen molar-refractivity contribution in [3.05, 3.63) is 51.7 Å². The van der Waals surface area contributed by atoms with Crippen LogP contribution in [0.15, 0.2) is 41.0 Å². The van der Waals surface area contributed by atoms with Crippen LogP contribution in [-0.4, -0.2) is 22.0 Å². The van der Waals surface area contributed by atoms with E-state index >= 15 is 0 Å². The van der Waals surface area contributed by atoms with Crippen LogP contribution in [0.2, 0.25) is 5.15 Å². The van der Waals surface area contributed by atoms with Crippen molar-refractivity contribution in [2.24, 2.45) is 5.73 Å². The molecular weight excluding hydrogens is 358 g/mol. The second-order valence-electron chi connectivity index (χ2n) is 4.46. The van der Waals surface area contributed by atoms with Crippen molar-refractivity contribution in [1.82, 2.24) is 4.98 Å². The van der Waals surface area contributed by atoms with E-state index in [9.17, 15) is 9.90 Å². The van der Waals surface area contributed by atoms with Gasteiger partial charge in [-0.25, -0.2) is 4.98 Å². The van der Waals surface area contributed by atoms with Crippen LogP contribution in [0.25, 0.3) is 0 Å². The number of nitrogens with two attached hydrogens (primary N) is 1. The molecule has 7 heteroatoms. The average molecular weight is 371 g/mol. The highest BCUT2D eigenvalue weighted by atomic mass is 79.9. The molecule has 1 amide bonds. The Bertz CT molecular complexity index is 649. The molecule has 0 bridgehead atoms. The molecule has 1 heterocycles. The maximum absolute atomic E-state index is 12.0. The zero-order valence-electron chi connectivity index (χ0n) is 10.9. The van der Waals surface area contributed by atoms with E-state index in [1.165, 1.54) is 6.20 Å². The Morgan fingerprint density at radius 3 is 2.71 bits per heavy atom. The number of carbonyl (C=O) groups is 1. The molecule has 5 nitrogen and oxygen atoms in total. The van der Waals surface area contributed by atoms with E-state index in [2.05, 4.69) is 26.2 Å². The van der Waals surface area contributed by atoms with E-state index in [0.717, 1.165) is 5.56 Å². The first-order valence-electron chi connectivity index (χ1n) is 6.11. The van der Waals surface area contributed by atoms with Gasteiger partial charge in [-0.05, 0) is 46.1 Å². The summed E-state index contributed by atoms with van der Waals surface area (Å²) >= 11 is 9.02. The topological polar surface area (TPSA) is 88.2 Å². The van der Waals surface area contributed by atoms with Crippen molar-refractivity contribution in [3.8, 4) is 5.75 Å². The fourth-order valence-corrected chi connectivity index (χ4v) is 2.16. The number of aromatic hydroxyl groups is 1. The summed E-state index contributed by atoms with van der Waals surface area (Å²) in [5.41, 5.74) is 7.25. The summed E-state index contributed by atoms with van der Waals surface area (Å²) < 4.78 is 0.592. The van der Waals surface area contributed by atoms with E-state index in [-0.39, 0.29) is 11.7 Å². The highest BCUT2D eigenvalue weighted by Gasteiger charge is 2.15. The first-order valence-corrected chi connectivity index (χ1v) is 7.28. The molecule has 0 unspecified atom stereocenters. The van der Waals surface area contributed by atoms with Crippen LogP contribution in [0, 0.1) is 0 Å². The lowest BCUT2D eigenvalue weighted by atomic mass is 10.1. The first-order chi connectivity index (χ1) is 9.95. The molecule has 4 N–H and O–H groups in total. The van der Waals surface area contributed by atoms with Crippen LogP contribution in [0.5, 0.6) is 5.75 Å². The molecule has 0 aliphatic heterocycles. The molecule has 0 fully saturated rings. The zero-order valence-corrected chi connectivity index (χ0v) is 13.2. The normalized spacial score (nSPS) is 12.0. The highest BCUT2D eigenvalue weighted by Crippen LogP contribution is 2.23. The highest BCUT2D eigenvalue weighted by molar-refractivity contribution is 9.10. The number of aromatic nitrogens is 1. The number of anilines is 1. The number of hydrogen-bond acceptors (Lipinski definition) is 4. The van der Waals surface area contributed by atoms with Crippen LogP contribution >= 0.6 is 27.5 Å². The monoisotopic (exact) mass is 369 g/mol. The van der Waals surface area contributed by atoms with E-state index in [0.29, 0.717) is 21.7 Å². The van der Waals surface area contributed by atoms with Crippen molar-refractivity contribution in [1.29, 1.82) is 0 Å². The molecule has 2 aromatic rings. The smallest absolute Gasteiger partial charge is 0.241 e. The minimum Gasteiger partial charge on any atom is -0.508 e. The van der Waals surface area contributed by atoms with E-state index in [1.54, 1.807) is 30.3 Å². The van der Waals surface area contributed by atoms with Crippen molar-refractivity contribution >= 4 is 39.1 Å². The second kappa shape index (κ2) is 6.89. The van der Waals surface area contributed by atoms with Crippen LogP contribution < -0.4 is 11.1 Å². The third-order valence-corrected chi connectivity index (χ3v) is 3.93. The summed E-state index contributed by atoms with van der Waals surface area (Å²) in [5.74, 6) is -0.145. The first kappa shape index (κ1) is 15.8. The van der Waals surface area contributed by atoms with Gasteiger partial charge >= 0.3 is 0 Å². The number of phenols is 1. The maximum atomic E-state index is 12.0. The Hall–Kier alpha value is -1.63. The predicted octanol–water partition coefficient (Wildman–Crippen LogP) is 2.71. The minimum absolute atomic E-state index is 0.175. The van der Waals surface area contributed by atoms with Gasteiger partial charge in [-0.15, -0.1) is 0 Å². The van der Waals surface area contributed by atoms with Crippen LogP contribution in [0.1, 0.15) is 5.56 Å². The molecule has 0 radical (unpaired) electrons. The van der Waals surface area contributed by atoms with Gasteiger partial charge in [-0.1, -0.05) is 23.7 Å². The Morgan fingerprint density at radius 2 is 2.10 bits per heavy atom. The molecule has 0 aliphatic carbocycles. The molecule has 1 aromatic carbocycles. The molecule has 0 saturated carbocycles. The largest absolute Gasteiger partial charge is 0.508 e. The Balaban J connectivity index is 1.98. The Labute approximate surface area is 135 Å². The number of nitrogens with one attached hydrogen (secondary N) is 1. The molecule has 110 valence electrons. The number of pyridine rings is 1. The number of carbonyl (C=O) groups excluding carboxylic acids is 1. The van der Waals surface area contributed by atoms with E-state index in [1.807, 2.05) is 0 Å². The van der Waals surface area contributed by atoms with Crippen molar-refractivity contribution in [2.75, 3.05) is 5.32 Å². The van der Waals surface area contributed by atoms with Crippen LogP contribution in [-0.2, 0) is 11.2 Å². The number of phenolic OH excluding ortho intramolecular Hbond substituents is 1. The fourth-order valence-electron chi connectivity index (χ4n) is 1.70. The summed E-state index contributed by atoms with van der Waals surface area (Å²) in [6.45, 7) is 0. The lowest BCUT2D eigenvalue weighted by molar-refractivity contribution is -0.117. The summed E-state index contributed by atoms with van der Waals surface area (Å²) in [6, 6.07) is 7.51. The molecular formula is C14H13BrClN3O2. The molecule has 21 heavy (non-hydrogen) atoms. The van der Waals surface area contributed by atoms with Gasteiger partial charge in [-0.2, -0.15) is 0 Å². The average Bonchev–Trinajstić information content (AvgIpc) is 2.45. The Morgan fingerprint density at radius 1 is 1.43 bits per heavy atom. The van der Waals surface area contributed by atoms with Crippen LogP contribution in [0.3, 0.4) is 0 Å².